The minimum atomic E-state index is -0.604. The molecule has 0 radical (unpaired) electrons. The van der Waals surface area contributed by atoms with Crippen LogP contribution in [0.3, 0.4) is 0 Å². The van der Waals surface area contributed by atoms with Crippen LogP contribution in [0.4, 0.5) is 0 Å². The summed E-state index contributed by atoms with van der Waals surface area (Å²) in [6.45, 7) is 4.13. The summed E-state index contributed by atoms with van der Waals surface area (Å²) >= 11 is 0. The molecule has 3 heterocycles. The maximum Gasteiger partial charge on any atom is 0.439 e. The van der Waals surface area contributed by atoms with Gasteiger partial charge in [0.2, 0.25) is 0 Å². The summed E-state index contributed by atoms with van der Waals surface area (Å²) < 4.78 is 11.8. The molecule has 6 rings (SSSR count). The van der Waals surface area contributed by atoms with E-state index in [1.807, 2.05) is 85.8 Å². The molecule has 10 nitrogen and oxygen atoms in total. The van der Waals surface area contributed by atoms with Crippen molar-refractivity contribution in [2.45, 2.75) is 46.1 Å². The lowest BCUT2D eigenvalue weighted by Gasteiger charge is -2.15. The van der Waals surface area contributed by atoms with Crippen LogP contribution in [0.5, 0.6) is 0 Å². The summed E-state index contributed by atoms with van der Waals surface area (Å²) in [5.74, 6) is 1.20. The highest BCUT2D eigenvalue weighted by molar-refractivity contribution is 8.93. The zero-order valence-electron chi connectivity index (χ0n) is 24.3. The molecule has 0 fully saturated rings. The number of nitrogens with one attached hydrogen (secondary N) is 1. The number of aromatic nitrogens is 6. The summed E-state index contributed by atoms with van der Waals surface area (Å²) in [5.41, 5.74) is 5.78. The van der Waals surface area contributed by atoms with Crippen molar-refractivity contribution in [3.63, 3.8) is 0 Å². The molecule has 0 saturated heterocycles. The molecule has 0 aliphatic rings. The van der Waals surface area contributed by atoms with E-state index in [0.29, 0.717) is 35.3 Å². The predicted molar refractivity (Wildman–Crippen MR) is 172 cm³/mol. The number of hydrogen-bond acceptors (Lipinski definition) is 8. The molecule has 11 heteroatoms. The number of rotatable bonds is 10. The average Bonchev–Trinajstić information content (AvgIpc) is 3.70. The topological polar surface area (TPSA) is 133 Å². The monoisotopic (exact) mass is 654 g/mol. The van der Waals surface area contributed by atoms with E-state index in [4.69, 9.17) is 14.0 Å². The van der Waals surface area contributed by atoms with E-state index in [1.165, 1.54) is 0 Å². The first-order valence-corrected chi connectivity index (χ1v) is 14.2. The fourth-order valence-corrected chi connectivity index (χ4v) is 5.12. The Morgan fingerprint density at radius 1 is 0.818 bits per heavy atom. The molecule has 3 aromatic carbocycles. The summed E-state index contributed by atoms with van der Waals surface area (Å²) in [7, 11) is 0. The Morgan fingerprint density at radius 3 is 2.25 bits per heavy atom. The second kappa shape index (κ2) is 13.6. The lowest BCUT2D eigenvalue weighted by atomic mass is 9.96. The largest absolute Gasteiger partial charge is 0.439 e. The number of benzene rings is 3. The van der Waals surface area contributed by atoms with Crippen LogP contribution >= 0.6 is 17.0 Å². The normalized spacial score (nSPS) is 11.0. The molecule has 3 aromatic heterocycles. The first kappa shape index (κ1) is 30.6. The van der Waals surface area contributed by atoms with Gasteiger partial charge in [0.05, 0.1) is 12.2 Å². The zero-order chi connectivity index (χ0) is 29.8. The minimum Gasteiger partial charge on any atom is -0.334 e. The van der Waals surface area contributed by atoms with Gasteiger partial charge in [-0.15, -0.1) is 17.0 Å². The zero-order valence-corrected chi connectivity index (χ0v) is 26.0. The molecule has 0 saturated carbocycles. The Balaban J connectivity index is 0.00000384. The van der Waals surface area contributed by atoms with Crippen molar-refractivity contribution in [1.82, 2.24) is 29.8 Å². The summed E-state index contributed by atoms with van der Waals surface area (Å²) in [6, 6.07) is 25.2. The Bertz CT molecular complexity index is 1980. The maximum absolute atomic E-state index is 13.9. The predicted octanol–water partition coefficient (Wildman–Crippen LogP) is 6.17. The molecule has 0 bridgehead atoms. The third-order valence-electron chi connectivity index (χ3n) is 7.36. The van der Waals surface area contributed by atoms with Crippen molar-refractivity contribution in [2.75, 3.05) is 0 Å². The molecule has 1 N–H and O–H groups in total. The molecule has 6 aromatic rings. The maximum atomic E-state index is 13.9. The van der Waals surface area contributed by atoms with E-state index in [0.717, 1.165) is 52.8 Å². The number of nitrogens with zero attached hydrogens (tertiary/aromatic N) is 5. The van der Waals surface area contributed by atoms with Crippen LogP contribution in [0.15, 0.2) is 97.5 Å². The van der Waals surface area contributed by atoms with Crippen molar-refractivity contribution in [2.24, 2.45) is 0 Å². The van der Waals surface area contributed by atoms with Crippen LogP contribution in [0.1, 0.15) is 48.2 Å². The minimum absolute atomic E-state index is 0. The fraction of sp³-hybridized carbons (Fsp3) is 0.212. The van der Waals surface area contributed by atoms with Gasteiger partial charge in [-0.25, -0.2) is 9.78 Å². The van der Waals surface area contributed by atoms with E-state index in [2.05, 4.69) is 27.2 Å². The van der Waals surface area contributed by atoms with Gasteiger partial charge in [0, 0.05) is 23.1 Å². The van der Waals surface area contributed by atoms with Gasteiger partial charge in [-0.3, -0.25) is 18.9 Å². The number of unbranched alkanes of at least 4 members (excludes halogenated alkanes) is 1. The van der Waals surface area contributed by atoms with Crippen LogP contribution in [0, 0.1) is 6.92 Å². The smallest absolute Gasteiger partial charge is 0.334 e. The first-order valence-electron chi connectivity index (χ1n) is 14.2. The van der Waals surface area contributed by atoms with Crippen molar-refractivity contribution in [3.8, 4) is 34.0 Å². The number of hydrogen-bond donors (Lipinski definition) is 1. The third-order valence-corrected chi connectivity index (χ3v) is 7.36. The van der Waals surface area contributed by atoms with Crippen LogP contribution in [0.2, 0.25) is 0 Å². The van der Waals surface area contributed by atoms with E-state index < -0.39 is 5.76 Å². The highest BCUT2D eigenvalue weighted by Crippen LogP contribution is 2.30. The standard InChI is InChI=1S/C33H30N6O4.BrH/c1-3-4-14-28-27(32(40)39(21(2)34-28)20-29-35-31(42-37-29)24-10-6-5-7-11-24)19-22-15-17-23(18-16-22)25-12-8-9-13-26(25)30-36-33(41)43-38-30;/h5-13,15-18H,3-4,14,19-20H2,1-2H3,(H,36,38,41);1H. The molecule has 0 atom stereocenters. The summed E-state index contributed by atoms with van der Waals surface area (Å²) in [5, 5.41) is 7.97. The highest BCUT2D eigenvalue weighted by atomic mass is 79.9. The molecule has 0 unspecified atom stereocenters. The van der Waals surface area contributed by atoms with Crippen molar-refractivity contribution in [3.05, 3.63) is 128 Å². The third kappa shape index (κ3) is 6.52. The van der Waals surface area contributed by atoms with E-state index in [9.17, 15) is 9.59 Å². The van der Waals surface area contributed by atoms with Gasteiger partial charge in [0.15, 0.2) is 11.6 Å². The molecule has 0 spiro atoms. The van der Waals surface area contributed by atoms with Crippen molar-refractivity contribution >= 4 is 17.0 Å². The van der Waals surface area contributed by atoms with Gasteiger partial charge >= 0.3 is 5.76 Å². The molecule has 224 valence electrons. The number of aromatic amines is 1. The van der Waals surface area contributed by atoms with Crippen LogP contribution in [-0.2, 0) is 19.4 Å². The van der Waals surface area contributed by atoms with E-state index in [-0.39, 0.29) is 29.1 Å². The highest BCUT2D eigenvalue weighted by Gasteiger charge is 2.18. The van der Waals surface area contributed by atoms with Crippen LogP contribution in [-0.4, -0.2) is 29.8 Å². The quantitative estimate of drug-likeness (QED) is 0.185. The van der Waals surface area contributed by atoms with E-state index >= 15 is 0 Å². The Morgan fingerprint density at radius 2 is 1.55 bits per heavy atom. The number of aryl methyl sites for hydroxylation is 2. The Labute approximate surface area is 263 Å². The van der Waals surface area contributed by atoms with Gasteiger partial charge in [-0.1, -0.05) is 90.4 Å². The van der Waals surface area contributed by atoms with Gasteiger partial charge in [0.1, 0.15) is 5.82 Å². The fourth-order valence-electron chi connectivity index (χ4n) is 5.12. The molecule has 0 aliphatic heterocycles. The Hall–Kier alpha value is -4.90. The second-order valence-corrected chi connectivity index (χ2v) is 10.3. The summed E-state index contributed by atoms with van der Waals surface area (Å²) in [6.07, 6.45) is 3.10. The van der Waals surface area contributed by atoms with Gasteiger partial charge in [-0.2, -0.15) is 4.98 Å². The summed E-state index contributed by atoms with van der Waals surface area (Å²) in [4.78, 5) is 37.5. The lowest BCUT2D eigenvalue weighted by Crippen LogP contribution is -2.30. The molecule has 44 heavy (non-hydrogen) atoms. The molecular weight excluding hydrogens is 624 g/mol. The van der Waals surface area contributed by atoms with Gasteiger partial charge in [0.25, 0.3) is 11.4 Å². The number of halogens is 1. The van der Waals surface area contributed by atoms with Crippen molar-refractivity contribution in [1.29, 1.82) is 0 Å². The van der Waals surface area contributed by atoms with Gasteiger partial charge in [-0.05, 0) is 48.6 Å². The molecular formula is C33H31BrN6O4. The van der Waals surface area contributed by atoms with Crippen LogP contribution < -0.4 is 11.3 Å². The SMILES string of the molecule is Br.CCCCc1nc(C)n(Cc2noc(-c3ccccc3)n2)c(=O)c1Cc1ccc(-c2ccccc2-c2noc(=O)[nH]2)cc1. The Kier molecular flexibility index (Phi) is 9.44. The average molecular weight is 656 g/mol. The van der Waals surface area contributed by atoms with Crippen molar-refractivity contribution < 1.29 is 9.05 Å². The second-order valence-electron chi connectivity index (χ2n) is 10.3. The first-order chi connectivity index (χ1) is 21.0. The molecule has 0 aliphatic carbocycles. The molecule has 0 amide bonds. The van der Waals surface area contributed by atoms with Crippen LogP contribution in [0.25, 0.3) is 34.0 Å². The van der Waals surface area contributed by atoms with E-state index in [1.54, 1.807) is 4.57 Å². The van der Waals surface area contributed by atoms with Gasteiger partial charge < -0.3 is 4.52 Å². The number of H-pyrrole nitrogens is 1. The lowest BCUT2D eigenvalue weighted by molar-refractivity contribution is 0.388.